The average Bonchev–Trinajstić information content (AvgIpc) is 2.31. The van der Waals surface area contributed by atoms with Crippen molar-refractivity contribution in [1.29, 1.82) is 0 Å². The number of hydrogen-bond acceptors (Lipinski definition) is 3. The van der Waals surface area contributed by atoms with Crippen molar-refractivity contribution in [2.24, 2.45) is 5.92 Å². The Labute approximate surface area is 105 Å². The van der Waals surface area contributed by atoms with Crippen LogP contribution in [-0.2, 0) is 6.54 Å². The molecule has 0 aliphatic carbocycles. The van der Waals surface area contributed by atoms with Gasteiger partial charge in [0.25, 0.3) is 0 Å². The molecule has 0 aromatic carbocycles. The topological polar surface area (TPSA) is 34.1 Å². The fourth-order valence-electron chi connectivity index (χ4n) is 1.41. The van der Waals surface area contributed by atoms with Crippen LogP contribution < -0.4 is 10.1 Å². The molecule has 1 heterocycles. The summed E-state index contributed by atoms with van der Waals surface area (Å²) in [4.78, 5) is 4.36. The van der Waals surface area contributed by atoms with Crippen LogP contribution in [0.15, 0.2) is 18.3 Å². The van der Waals surface area contributed by atoms with E-state index in [1.165, 1.54) is 0 Å². The minimum atomic E-state index is 0.681. The van der Waals surface area contributed by atoms with Crippen LogP contribution in [0.5, 0.6) is 5.75 Å². The molecule has 0 unspecified atom stereocenters. The number of rotatable bonds is 8. The van der Waals surface area contributed by atoms with Gasteiger partial charge in [-0.25, -0.2) is 0 Å². The minimum absolute atomic E-state index is 0.681. The molecular weight excluding hydrogens is 212 g/mol. The van der Waals surface area contributed by atoms with Crippen molar-refractivity contribution in [2.45, 2.75) is 40.2 Å². The molecule has 0 saturated heterocycles. The van der Waals surface area contributed by atoms with E-state index in [0.717, 1.165) is 44.0 Å². The van der Waals surface area contributed by atoms with E-state index in [9.17, 15) is 0 Å². The van der Waals surface area contributed by atoms with Crippen molar-refractivity contribution in [2.75, 3.05) is 13.2 Å². The van der Waals surface area contributed by atoms with Crippen LogP contribution >= 0.6 is 0 Å². The van der Waals surface area contributed by atoms with E-state index >= 15 is 0 Å². The van der Waals surface area contributed by atoms with Gasteiger partial charge in [0.2, 0.25) is 0 Å². The molecule has 0 amide bonds. The summed E-state index contributed by atoms with van der Waals surface area (Å²) in [5.74, 6) is 1.55. The first-order valence-electron chi connectivity index (χ1n) is 6.50. The van der Waals surface area contributed by atoms with E-state index in [2.05, 4.69) is 31.1 Å². The highest BCUT2D eigenvalue weighted by atomic mass is 16.5. The summed E-state index contributed by atoms with van der Waals surface area (Å²) in [5, 5.41) is 3.33. The molecule has 1 N–H and O–H groups in total. The van der Waals surface area contributed by atoms with Crippen molar-refractivity contribution in [3.63, 3.8) is 0 Å². The highest BCUT2D eigenvalue weighted by molar-refractivity contribution is 5.19. The molecule has 96 valence electrons. The van der Waals surface area contributed by atoms with Gasteiger partial charge >= 0.3 is 0 Å². The van der Waals surface area contributed by atoms with Gasteiger partial charge in [-0.05, 0) is 37.4 Å². The van der Waals surface area contributed by atoms with Gasteiger partial charge in [0.1, 0.15) is 5.75 Å². The monoisotopic (exact) mass is 236 g/mol. The third-order valence-corrected chi connectivity index (χ3v) is 2.49. The fraction of sp³-hybridized carbons (Fsp3) is 0.643. The molecule has 0 aliphatic rings. The van der Waals surface area contributed by atoms with Gasteiger partial charge in [0.05, 0.1) is 18.5 Å². The molecule has 0 spiro atoms. The van der Waals surface area contributed by atoms with Crippen LogP contribution in [-0.4, -0.2) is 18.1 Å². The number of nitrogens with zero attached hydrogens (tertiary/aromatic N) is 1. The standard InChI is InChI=1S/C14H24N2O/c1-4-8-15-10-13-5-6-14(11-16-13)17-9-7-12(2)3/h5-6,11-12,15H,4,7-10H2,1-3H3. The second kappa shape index (κ2) is 8.07. The smallest absolute Gasteiger partial charge is 0.137 e. The Balaban J connectivity index is 2.29. The lowest BCUT2D eigenvalue weighted by molar-refractivity contribution is 0.288. The average molecular weight is 236 g/mol. The summed E-state index contributed by atoms with van der Waals surface area (Å²) in [5.41, 5.74) is 1.06. The van der Waals surface area contributed by atoms with E-state index in [-0.39, 0.29) is 0 Å². The molecule has 3 nitrogen and oxygen atoms in total. The Morgan fingerprint density at radius 3 is 2.76 bits per heavy atom. The van der Waals surface area contributed by atoms with Gasteiger partial charge in [0, 0.05) is 6.54 Å². The van der Waals surface area contributed by atoms with Gasteiger partial charge in [-0.1, -0.05) is 20.8 Å². The summed E-state index contributed by atoms with van der Waals surface area (Å²) in [6, 6.07) is 4.02. The highest BCUT2D eigenvalue weighted by Crippen LogP contribution is 2.10. The Bertz CT molecular complexity index is 296. The quantitative estimate of drug-likeness (QED) is 0.705. The molecule has 1 rings (SSSR count). The van der Waals surface area contributed by atoms with Crippen molar-refractivity contribution < 1.29 is 4.74 Å². The van der Waals surface area contributed by atoms with E-state index in [0.29, 0.717) is 5.92 Å². The van der Waals surface area contributed by atoms with E-state index in [1.807, 2.05) is 18.3 Å². The molecule has 0 radical (unpaired) electrons. The lowest BCUT2D eigenvalue weighted by Gasteiger charge is -2.08. The van der Waals surface area contributed by atoms with Crippen LogP contribution in [0.1, 0.15) is 39.3 Å². The molecule has 0 fully saturated rings. The third-order valence-electron chi connectivity index (χ3n) is 2.49. The molecule has 0 saturated carbocycles. The van der Waals surface area contributed by atoms with E-state index < -0.39 is 0 Å². The SMILES string of the molecule is CCCNCc1ccc(OCCC(C)C)cn1. The van der Waals surface area contributed by atoms with Gasteiger partial charge in [-0.3, -0.25) is 4.98 Å². The second-order valence-electron chi connectivity index (χ2n) is 4.69. The van der Waals surface area contributed by atoms with Gasteiger partial charge < -0.3 is 10.1 Å². The first-order chi connectivity index (χ1) is 8.22. The van der Waals surface area contributed by atoms with Crippen molar-refractivity contribution in [3.05, 3.63) is 24.0 Å². The van der Waals surface area contributed by atoms with Crippen molar-refractivity contribution in [3.8, 4) is 5.75 Å². The van der Waals surface area contributed by atoms with Crippen molar-refractivity contribution in [1.82, 2.24) is 10.3 Å². The number of pyridine rings is 1. The highest BCUT2D eigenvalue weighted by Gasteiger charge is 1.98. The van der Waals surface area contributed by atoms with Crippen LogP contribution in [0.2, 0.25) is 0 Å². The zero-order valence-electron chi connectivity index (χ0n) is 11.2. The molecule has 0 bridgehead atoms. The van der Waals surface area contributed by atoms with Crippen molar-refractivity contribution >= 4 is 0 Å². The predicted molar refractivity (Wildman–Crippen MR) is 71.2 cm³/mol. The third kappa shape index (κ3) is 6.27. The Morgan fingerprint density at radius 2 is 2.18 bits per heavy atom. The van der Waals surface area contributed by atoms with Gasteiger partial charge in [-0.15, -0.1) is 0 Å². The maximum absolute atomic E-state index is 5.61. The maximum atomic E-state index is 5.61. The Kier molecular flexibility index (Phi) is 6.63. The summed E-state index contributed by atoms with van der Waals surface area (Å²) in [6.45, 7) is 9.20. The largest absolute Gasteiger partial charge is 0.492 e. The minimum Gasteiger partial charge on any atom is -0.492 e. The Hall–Kier alpha value is -1.09. The predicted octanol–water partition coefficient (Wildman–Crippen LogP) is 3.01. The fourth-order valence-corrected chi connectivity index (χ4v) is 1.41. The van der Waals surface area contributed by atoms with E-state index in [1.54, 1.807) is 0 Å². The molecule has 17 heavy (non-hydrogen) atoms. The first-order valence-corrected chi connectivity index (χ1v) is 6.50. The van der Waals surface area contributed by atoms with Crippen LogP contribution in [0.3, 0.4) is 0 Å². The second-order valence-corrected chi connectivity index (χ2v) is 4.69. The molecule has 3 heteroatoms. The van der Waals surface area contributed by atoms with E-state index in [4.69, 9.17) is 4.74 Å². The first kappa shape index (κ1) is 14.0. The lowest BCUT2D eigenvalue weighted by Crippen LogP contribution is -2.14. The lowest BCUT2D eigenvalue weighted by atomic mass is 10.1. The summed E-state index contributed by atoms with van der Waals surface area (Å²) < 4.78 is 5.61. The molecule has 0 atom stereocenters. The summed E-state index contributed by atoms with van der Waals surface area (Å²) >= 11 is 0. The number of hydrogen-bond donors (Lipinski definition) is 1. The maximum Gasteiger partial charge on any atom is 0.137 e. The summed E-state index contributed by atoms with van der Waals surface area (Å²) in [6.07, 6.45) is 4.04. The van der Waals surface area contributed by atoms with Gasteiger partial charge in [0.15, 0.2) is 0 Å². The molecular formula is C14H24N2O. The summed E-state index contributed by atoms with van der Waals surface area (Å²) in [7, 11) is 0. The van der Waals surface area contributed by atoms with Crippen LogP contribution in [0.4, 0.5) is 0 Å². The zero-order valence-corrected chi connectivity index (χ0v) is 11.2. The normalized spacial score (nSPS) is 10.8. The number of nitrogens with one attached hydrogen (secondary N) is 1. The Morgan fingerprint density at radius 1 is 1.35 bits per heavy atom. The zero-order chi connectivity index (χ0) is 12.5. The number of ether oxygens (including phenoxy) is 1. The number of aromatic nitrogens is 1. The van der Waals surface area contributed by atoms with Gasteiger partial charge in [-0.2, -0.15) is 0 Å². The van der Waals surface area contributed by atoms with Crippen LogP contribution in [0, 0.1) is 5.92 Å². The molecule has 0 aliphatic heterocycles. The molecule has 1 aromatic rings. The molecule has 1 aromatic heterocycles. The van der Waals surface area contributed by atoms with Crippen LogP contribution in [0.25, 0.3) is 0 Å².